The Morgan fingerprint density at radius 1 is 1.14 bits per heavy atom. The highest BCUT2D eigenvalue weighted by molar-refractivity contribution is 7.13. The summed E-state index contributed by atoms with van der Waals surface area (Å²) in [6.07, 6.45) is 0. The Labute approximate surface area is 83.8 Å². The van der Waals surface area contributed by atoms with Crippen molar-refractivity contribution >= 4 is 17.0 Å². The second-order valence-corrected chi connectivity index (χ2v) is 3.78. The molecule has 0 radical (unpaired) electrons. The van der Waals surface area contributed by atoms with Crippen LogP contribution in [0.2, 0.25) is 0 Å². The van der Waals surface area contributed by atoms with E-state index in [1.165, 1.54) is 4.88 Å². The summed E-state index contributed by atoms with van der Waals surface area (Å²) in [6.45, 7) is 0. The second kappa shape index (κ2) is 2.88. The van der Waals surface area contributed by atoms with Crippen molar-refractivity contribution in [2.24, 2.45) is 0 Å². The lowest BCUT2D eigenvalue weighted by Gasteiger charge is -1.98. The molecule has 0 aliphatic heterocycles. The molecule has 4 nitrogen and oxygen atoms in total. The van der Waals surface area contributed by atoms with Gasteiger partial charge < -0.3 is 0 Å². The lowest BCUT2D eigenvalue weighted by atomic mass is 10.3. The van der Waals surface area contributed by atoms with Crippen LogP contribution in [0.4, 0.5) is 0 Å². The molecule has 5 heteroatoms. The molecule has 0 aromatic carbocycles. The van der Waals surface area contributed by atoms with E-state index in [4.69, 9.17) is 0 Å². The molecule has 0 spiro atoms. The number of hydrogen-bond acceptors (Lipinski definition) is 4. The first-order valence-electron chi connectivity index (χ1n) is 4.16. The molecule has 68 valence electrons. The van der Waals surface area contributed by atoms with Crippen LogP contribution < -0.4 is 0 Å². The van der Waals surface area contributed by atoms with Crippen molar-refractivity contribution in [3.63, 3.8) is 0 Å². The Morgan fingerprint density at radius 3 is 3.00 bits per heavy atom. The van der Waals surface area contributed by atoms with Crippen molar-refractivity contribution in [1.82, 2.24) is 20.0 Å². The van der Waals surface area contributed by atoms with Gasteiger partial charge >= 0.3 is 0 Å². The van der Waals surface area contributed by atoms with Crippen molar-refractivity contribution in [3.8, 4) is 10.6 Å². The largest absolute Gasteiger partial charge is 0.192 e. The van der Waals surface area contributed by atoms with Crippen LogP contribution in [0.25, 0.3) is 16.2 Å². The molecule has 0 fully saturated rings. The fraction of sp³-hybridized carbons (Fsp3) is 0. The molecular formula is C9H6N4S. The molecule has 0 aliphatic rings. The molecule has 0 N–H and O–H groups in total. The van der Waals surface area contributed by atoms with E-state index in [-0.39, 0.29) is 0 Å². The number of fused-ring (bicyclic) bond motifs is 1. The number of tetrazole rings is 1. The van der Waals surface area contributed by atoms with Crippen LogP contribution in [0.15, 0.2) is 35.7 Å². The van der Waals surface area contributed by atoms with Crippen molar-refractivity contribution in [2.45, 2.75) is 0 Å². The molecule has 0 saturated heterocycles. The maximum atomic E-state index is 3.94. The summed E-state index contributed by atoms with van der Waals surface area (Å²) in [7, 11) is 0. The van der Waals surface area contributed by atoms with E-state index in [9.17, 15) is 0 Å². The predicted octanol–water partition coefficient (Wildman–Crippen LogP) is 1.85. The number of pyridine rings is 1. The van der Waals surface area contributed by atoms with Gasteiger partial charge in [0.05, 0.1) is 10.6 Å². The first-order valence-corrected chi connectivity index (χ1v) is 5.04. The number of aromatic nitrogens is 4. The molecule has 3 heterocycles. The molecule has 0 atom stereocenters. The van der Waals surface area contributed by atoms with Gasteiger partial charge in [0.1, 0.15) is 0 Å². The third kappa shape index (κ3) is 1.03. The molecule has 0 aliphatic carbocycles. The lowest BCUT2D eigenvalue weighted by molar-refractivity contribution is 0.829. The Bertz CT molecular complexity index is 555. The van der Waals surface area contributed by atoms with E-state index in [0.717, 1.165) is 11.3 Å². The van der Waals surface area contributed by atoms with Crippen molar-refractivity contribution in [2.75, 3.05) is 0 Å². The first kappa shape index (κ1) is 7.64. The number of nitrogens with zero attached hydrogens (tertiary/aromatic N) is 4. The third-order valence-electron chi connectivity index (χ3n) is 1.99. The van der Waals surface area contributed by atoms with Crippen LogP contribution in [0, 0.1) is 0 Å². The third-order valence-corrected chi connectivity index (χ3v) is 2.89. The molecule has 3 aromatic rings. The van der Waals surface area contributed by atoms with E-state index in [1.54, 1.807) is 15.9 Å². The Hall–Kier alpha value is -1.75. The lowest BCUT2D eigenvalue weighted by Crippen LogP contribution is -1.91. The molecule has 3 aromatic heterocycles. The van der Waals surface area contributed by atoms with Gasteiger partial charge in [-0.25, -0.2) is 0 Å². The Morgan fingerprint density at radius 2 is 2.14 bits per heavy atom. The zero-order valence-electron chi connectivity index (χ0n) is 7.16. The van der Waals surface area contributed by atoms with E-state index in [1.807, 2.05) is 29.6 Å². The van der Waals surface area contributed by atoms with Gasteiger partial charge in [0, 0.05) is 0 Å². The van der Waals surface area contributed by atoms with Gasteiger partial charge in [0.2, 0.25) is 0 Å². The van der Waals surface area contributed by atoms with Gasteiger partial charge in [-0.05, 0) is 34.0 Å². The summed E-state index contributed by atoms with van der Waals surface area (Å²) < 4.78 is 1.74. The predicted molar refractivity (Wildman–Crippen MR) is 54.1 cm³/mol. The summed E-state index contributed by atoms with van der Waals surface area (Å²) in [6, 6.07) is 9.93. The maximum absolute atomic E-state index is 3.94. The minimum atomic E-state index is 0.774. The number of rotatable bonds is 1. The van der Waals surface area contributed by atoms with E-state index < -0.39 is 0 Å². The topological polar surface area (TPSA) is 43.1 Å². The van der Waals surface area contributed by atoms with Gasteiger partial charge in [-0.15, -0.1) is 16.4 Å². The average molecular weight is 202 g/mol. The van der Waals surface area contributed by atoms with E-state index in [2.05, 4.69) is 21.6 Å². The van der Waals surface area contributed by atoms with Crippen LogP contribution in [0.1, 0.15) is 0 Å². The Balaban J connectivity index is 2.36. The van der Waals surface area contributed by atoms with Crippen molar-refractivity contribution in [1.29, 1.82) is 0 Å². The van der Waals surface area contributed by atoms with E-state index >= 15 is 0 Å². The summed E-state index contributed by atoms with van der Waals surface area (Å²) in [5.74, 6) is 0. The molecule has 0 bridgehead atoms. The summed E-state index contributed by atoms with van der Waals surface area (Å²) in [5.41, 5.74) is 1.80. The minimum absolute atomic E-state index is 0.774. The second-order valence-electron chi connectivity index (χ2n) is 2.84. The fourth-order valence-electron chi connectivity index (χ4n) is 1.38. The quantitative estimate of drug-likeness (QED) is 0.604. The van der Waals surface area contributed by atoms with Gasteiger partial charge in [-0.1, -0.05) is 12.1 Å². The molecule has 0 amide bonds. The van der Waals surface area contributed by atoms with Crippen LogP contribution in [0.3, 0.4) is 0 Å². The standard InChI is InChI=1S/C9H6N4S/c1-3-7(8-4-2-6-14-8)13-9(5-1)10-11-12-13/h1-6H. The van der Waals surface area contributed by atoms with Crippen molar-refractivity contribution < 1.29 is 0 Å². The average Bonchev–Trinajstić information content (AvgIpc) is 2.88. The zero-order valence-corrected chi connectivity index (χ0v) is 7.98. The van der Waals surface area contributed by atoms with Gasteiger partial charge in [-0.2, -0.15) is 4.52 Å². The maximum Gasteiger partial charge on any atom is 0.179 e. The van der Waals surface area contributed by atoms with Crippen LogP contribution in [-0.4, -0.2) is 20.0 Å². The smallest absolute Gasteiger partial charge is 0.179 e. The Kier molecular flexibility index (Phi) is 1.57. The molecule has 14 heavy (non-hydrogen) atoms. The van der Waals surface area contributed by atoms with Crippen LogP contribution >= 0.6 is 11.3 Å². The SMILES string of the molecule is c1csc(-c2cccc3nnnn23)c1. The monoisotopic (exact) mass is 202 g/mol. The number of hydrogen-bond donors (Lipinski definition) is 0. The summed E-state index contributed by atoms with van der Waals surface area (Å²) in [5, 5.41) is 13.5. The molecular weight excluding hydrogens is 196 g/mol. The van der Waals surface area contributed by atoms with Gasteiger partial charge in [-0.3, -0.25) is 0 Å². The normalized spacial score (nSPS) is 10.9. The van der Waals surface area contributed by atoms with Crippen LogP contribution in [0.5, 0.6) is 0 Å². The van der Waals surface area contributed by atoms with Crippen LogP contribution in [-0.2, 0) is 0 Å². The summed E-state index contributed by atoms with van der Waals surface area (Å²) in [4.78, 5) is 1.17. The highest BCUT2D eigenvalue weighted by atomic mass is 32.1. The minimum Gasteiger partial charge on any atom is -0.192 e. The van der Waals surface area contributed by atoms with E-state index in [0.29, 0.717) is 0 Å². The molecule has 3 rings (SSSR count). The fourth-order valence-corrected chi connectivity index (χ4v) is 2.11. The zero-order chi connectivity index (χ0) is 9.38. The highest BCUT2D eigenvalue weighted by Gasteiger charge is 2.05. The number of thiophene rings is 1. The molecule has 0 saturated carbocycles. The first-order chi connectivity index (χ1) is 6.95. The summed E-state index contributed by atoms with van der Waals surface area (Å²) >= 11 is 1.68. The van der Waals surface area contributed by atoms with Gasteiger partial charge in [0.25, 0.3) is 0 Å². The highest BCUT2D eigenvalue weighted by Crippen LogP contribution is 2.23. The molecule has 0 unspecified atom stereocenters. The van der Waals surface area contributed by atoms with Gasteiger partial charge in [0.15, 0.2) is 5.65 Å². The van der Waals surface area contributed by atoms with Crippen molar-refractivity contribution in [3.05, 3.63) is 35.7 Å².